The van der Waals surface area contributed by atoms with E-state index in [-0.39, 0.29) is 23.8 Å². The van der Waals surface area contributed by atoms with Gasteiger partial charge in [0.25, 0.3) is 0 Å². The Labute approximate surface area is 179 Å². The Bertz CT molecular complexity index is 917. The largest absolute Gasteiger partial charge is 0.359 e. The van der Waals surface area contributed by atoms with Crippen molar-refractivity contribution in [3.8, 4) is 0 Å². The van der Waals surface area contributed by atoms with Crippen LogP contribution in [0.15, 0.2) is 29.7 Å². The SMILES string of the molecule is CC(C)(C)NC(=O)[C@@H]1N(C2CC2)C(=O)[C@@H]2[C@H](C(=O)NCc3cccs3)[C@H]3C=C[C@]21O3. The highest BCUT2D eigenvalue weighted by Gasteiger charge is 2.74. The fourth-order valence-corrected chi connectivity index (χ4v) is 5.74. The summed E-state index contributed by atoms with van der Waals surface area (Å²) in [6, 6.07) is 3.22. The summed E-state index contributed by atoms with van der Waals surface area (Å²) >= 11 is 1.58. The highest BCUT2D eigenvalue weighted by atomic mass is 32.1. The van der Waals surface area contributed by atoms with Crippen molar-refractivity contribution in [3.05, 3.63) is 34.5 Å². The van der Waals surface area contributed by atoms with Gasteiger partial charge in [0.15, 0.2) is 0 Å². The normalized spacial score (nSPS) is 34.4. The third kappa shape index (κ3) is 3.00. The number of ether oxygens (including phenoxy) is 1. The Morgan fingerprint density at radius 3 is 2.70 bits per heavy atom. The van der Waals surface area contributed by atoms with Crippen LogP contribution in [0.25, 0.3) is 0 Å². The van der Waals surface area contributed by atoms with Gasteiger partial charge >= 0.3 is 0 Å². The van der Waals surface area contributed by atoms with Gasteiger partial charge < -0.3 is 20.3 Å². The third-order valence-electron chi connectivity index (χ3n) is 6.32. The van der Waals surface area contributed by atoms with Gasteiger partial charge in [-0.05, 0) is 45.1 Å². The Balaban J connectivity index is 1.44. The molecule has 2 N–H and O–H groups in total. The summed E-state index contributed by atoms with van der Waals surface area (Å²) < 4.78 is 6.29. The summed E-state index contributed by atoms with van der Waals surface area (Å²) in [6.07, 6.45) is 5.01. The van der Waals surface area contributed by atoms with Crippen LogP contribution in [-0.4, -0.2) is 51.9 Å². The van der Waals surface area contributed by atoms with Crippen LogP contribution in [0.2, 0.25) is 0 Å². The van der Waals surface area contributed by atoms with E-state index in [1.807, 2.05) is 50.4 Å². The van der Waals surface area contributed by atoms with E-state index in [1.165, 1.54) is 0 Å². The van der Waals surface area contributed by atoms with Crippen molar-refractivity contribution >= 4 is 29.1 Å². The average Bonchev–Trinajstić information content (AvgIpc) is 3.05. The summed E-state index contributed by atoms with van der Waals surface area (Å²) in [6.45, 7) is 6.18. The van der Waals surface area contributed by atoms with Gasteiger partial charge in [0.05, 0.1) is 24.5 Å². The van der Waals surface area contributed by atoms with Crippen LogP contribution in [0, 0.1) is 11.8 Å². The molecular weight excluding hydrogens is 402 g/mol. The number of fused-ring (bicyclic) bond motifs is 1. The van der Waals surface area contributed by atoms with Crippen LogP contribution < -0.4 is 10.6 Å². The molecule has 160 valence electrons. The van der Waals surface area contributed by atoms with Crippen molar-refractivity contribution in [1.82, 2.24) is 15.5 Å². The second-order valence-electron chi connectivity index (χ2n) is 9.71. The molecule has 1 aromatic rings. The van der Waals surface area contributed by atoms with E-state index in [0.717, 1.165) is 17.7 Å². The quantitative estimate of drug-likeness (QED) is 0.696. The number of nitrogens with one attached hydrogen (secondary N) is 2. The minimum Gasteiger partial charge on any atom is -0.359 e. The van der Waals surface area contributed by atoms with Crippen LogP contribution in [0.5, 0.6) is 0 Å². The molecule has 3 aliphatic heterocycles. The lowest BCUT2D eigenvalue weighted by atomic mass is 9.74. The number of likely N-dealkylation sites (tertiary alicyclic amines) is 1. The van der Waals surface area contributed by atoms with E-state index in [9.17, 15) is 14.4 Å². The molecule has 3 amide bonds. The van der Waals surface area contributed by atoms with E-state index in [0.29, 0.717) is 6.54 Å². The minimum atomic E-state index is -1.06. The van der Waals surface area contributed by atoms with Gasteiger partial charge in [-0.3, -0.25) is 14.4 Å². The number of thiophene rings is 1. The first-order valence-corrected chi connectivity index (χ1v) is 11.4. The Morgan fingerprint density at radius 1 is 1.30 bits per heavy atom. The predicted octanol–water partition coefficient (Wildman–Crippen LogP) is 1.59. The zero-order valence-corrected chi connectivity index (χ0v) is 18.2. The first kappa shape index (κ1) is 19.8. The fraction of sp³-hybridized carbons (Fsp3) is 0.591. The summed E-state index contributed by atoms with van der Waals surface area (Å²) in [4.78, 5) is 42.7. The molecule has 8 heteroatoms. The standard InChI is InChI=1S/C22H27N3O4S/c1-21(2,3)24-19(27)17-22-9-8-14(29-22)15(16(22)20(28)25(17)12-6-7-12)18(26)23-11-13-5-4-10-30-13/h4-5,8-10,12,14-17H,6-7,11H2,1-3H3,(H,23,26)(H,24,27)/t14-,15-,16+,17+,22+/m1/s1. The number of rotatable bonds is 5. The van der Waals surface area contributed by atoms with Crippen molar-refractivity contribution < 1.29 is 19.1 Å². The molecule has 2 saturated heterocycles. The lowest BCUT2D eigenvalue weighted by molar-refractivity contribution is -0.143. The van der Waals surface area contributed by atoms with Crippen LogP contribution in [-0.2, 0) is 25.7 Å². The molecule has 1 saturated carbocycles. The molecule has 3 fully saturated rings. The van der Waals surface area contributed by atoms with E-state index in [1.54, 1.807) is 16.2 Å². The van der Waals surface area contributed by atoms with Crippen LogP contribution >= 0.6 is 11.3 Å². The Morgan fingerprint density at radius 2 is 2.07 bits per heavy atom. The molecule has 30 heavy (non-hydrogen) atoms. The first-order chi connectivity index (χ1) is 14.2. The van der Waals surface area contributed by atoms with Gasteiger partial charge in [-0.1, -0.05) is 18.2 Å². The topological polar surface area (TPSA) is 87.7 Å². The zero-order chi connectivity index (χ0) is 21.3. The number of hydrogen-bond acceptors (Lipinski definition) is 5. The molecule has 2 bridgehead atoms. The van der Waals surface area contributed by atoms with Crippen LogP contribution in [0.4, 0.5) is 0 Å². The highest BCUT2D eigenvalue weighted by molar-refractivity contribution is 7.09. The summed E-state index contributed by atoms with van der Waals surface area (Å²) in [5, 5.41) is 7.96. The zero-order valence-electron chi connectivity index (χ0n) is 17.4. The van der Waals surface area contributed by atoms with Crippen LogP contribution in [0.1, 0.15) is 38.5 Å². The molecule has 5 rings (SSSR count). The van der Waals surface area contributed by atoms with Crippen LogP contribution in [0.3, 0.4) is 0 Å². The molecule has 0 radical (unpaired) electrons. The second-order valence-corrected chi connectivity index (χ2v) is 10.7. The monoisotopic (exact) mass is 429 g/mol. The van der Waals surface area contributed by atoms with Crippen molar-refractivity contribution in [2.24, 2.45) is 11.8 Å². The van der Waals surface area contributed by atoms with Gasteiger partial charge in [-0.25, -0.2) is 0 Å². The Hall–Kier alpha value is -2.19. The third-order valence-corrected chi connectivity index (χ3v) is 7.19. The van der Waals surface area contributed by atoms with Crippen molar-refractivity contribution in [1.29, 1.82) is 0 Å². The minimum absolute atomic E-state index is 0.0547. The maximum Gasteiger partial charge on any atom is 0.246 e. The summed E-state index contributed by atoms with van der Waals surface area (Å²) in [5.41, 5.74) is -1.49. The molecule has 7 nitrogen and oxygen atoms in total. The first-order valence-electron chi connectivity index (χ1n) is 10.5. The molecule has 4 heterocycles. The Kier molecular flexibility index (Phi) is 4.38. The average molecular weight is 430 g/mol. The van der Waals surface area contributed by atoms with Crippen molar-refractivity contribution in [2.75, 3.05) is 0 Å². The highest BCUT2D eigenvalue weighted by Crippen LogP contribution is 2.57. The lowest BCUT2D eigenvalue weighted by Crippen LogP contribution is -2.58. The maximum absolute atomic E-state index is 13.5. The number of amides is 3. The molecule has 1 aromatic heterocycles. The maximum atomic E-state index is 13.5. The number of carbonyl (C=O) groups is 3. The van der Waals surface area contributed by atoms with E-state index >= 15 is 0 Å². The molecule has 5 atom stereocenters. The van der Waals surface area contributed by atoms with Gasteiger partial charge in [0.1, 0.15) is 11.6 Å². The molecule has 1 aliphatic carbocycles. The molecule has 1 spiro atoms. The van der Waals surface area contributed by atoms with E-state index < -0.39 is 35.1 Å². The predicted molar refractivity (Wildman–Crippen MR) is 111 cm³/mol. The lowest BCUT2D eigenvalue weighted by Gasteiger charge is -2.34. The second kappa shape index (κ2) is 6.65. The van der Waals surface area contributed by atoms with Gasteiger partial charge in [0.2, 0.25) is 17.7 Å². The molecular formula is C22H27N3O4S. The molecule has 0 unspecified atom stereocenters. The van der Waals surface area contributed by atoms with Gasteiger partial charge in [-0.2, -0.15) is 0 Å². The van der Waals surface area contributed by atoms with E-state index in [2.05, 4.69) is 10.6 Å². The van der Waals surface area contributed by atoms with Gasteiger partial charge in [0, 0.05) is 16.5 Å². The number of hydrogen-bond donors (Lipinski definition) is 2. The summed E-state index contributed by atoms with van der Waals surface area (Å²) in [7, 11) is 0. The number of carbonyl (C=O) groups excluding carboxylic acids is 3. The van der Waals surface area contributed by atoms with E-state index in [4.69, 9.17) is 4.74 Å². The fourth-order valence-electron chi connectivity index (χ4n) is 5.10. The number of nitrogens with zero attached hydrogens (tertiary/aromatic N) is 1. The van der Waals surface area contributed by atoms with Crippen molar-refractivity contribution in [2.45, 2.75) is 69.5 Å². The molecule has 0 aromatic carbocycles. The van der Waals surface area contributed by atoms with Crippen molar-refractivity contribution in [3.63, 3.8) is 0 Å². The smallest absolute Gasteiger partial charge is 0.246 e. The van der Waals surface area contributed by atoms with Gasteiger partial charge in [-0.15, -0.1) is 11.3 Å². The summed E-state index contributed by atoms with van der Waals surface area (Å²) in [5.74, 6) is -1.81. The molecule has 4 aliphatic rings.